The summed E-state index contributed by atoms with van der Waals surface area (Å²) in [6.45, 7) is 5.51. The molecule has 0 saturated carbocycles. The fourth-order valence-corrected chi connectivity index (χ4v) is 1.25. The van der Waals surface area contributed by atoms with Crippen LogP contribution in [0.15, 0.2) is 21.6 Å². The second-order valence-corrected chi connectivity index (χ2v) is 3.67. The standard InChI is InChI=1S/C7H9NO3.C5H7N3O/c1-3-10-7(9)6-5(2)8-4-11-6;1-3-4(5(6)7)9-2-8-3/h4H,3H2,1-2H3;2H,1H3,(H3,6,7). The lowest BCUT2D eigenvalue weighted by Gasteiger charge is -1.96. The van der Waals surface area contributed by atoms with E-state index in [1.807, 2.05) is 0 Å². The van der Waals surface area contributed by atoms with E-state index in [9.17, 15) is 4.79 Å². The highest BCUT2D eigenvalue weighted by Gasteiger charge is 2.13. The number of hydrogen-bond donors (Lipinski definition) is 2. The molecule has 0 unspecified atom stereocenters. The third kappa shape index (κ3) is 3.94. The number of ether oxygens (including phenoxy) is 1. The van der Waals surface area contributed by atoms with E-state index in [-0.39, 0.29) is 11.6 Å². The van der Waals surface area contributed by atoms with Crippen LogP contribution in [0.4, 0.5) is 0 Å². The van der Waals surface area contributed by atoms with Crippen LogP contribution in [0.3, 0.4) is 0 Å². The van der Waals surface area contributed by atoms with Gasteiger partial charge in [-0.05, 0) is 20.8 Å². The third-order valence-electron chi connectivity index (χ3n) is 2.20. The van der Waals surface area contributed by atoms with E-state index in [0.29, 0.717) is 23.8 Å². The topological polar surface area (TPSA) is 128 Å². The van der Waals surface area contributed by atoms with Crippen molar-refractivity contribution >= 4 is 11.8 Å². The Bertz CT molecular complexity index is 588. The van der Waals surface area contributed by atoms with E-state index in [2.05, 4.69) is 9.97 Å². The van der Waals surface area contributed by atoms with Gasteiger partial charge < -0.3 is 19.3 Å². The zero-order valence-electron chi connectivity index (χ0n) is 11.5. The summed E-state index contributed by atoms with van der Waals surface area (Å²) in [7, 11) is 0. The molecule has 0 aliphatic heterocycles. The van der Waals surface area contributed by atoms with Crippen LogP contribution < -0.4 is 5.73 Å². The second kappa shape index (κ2) is 7.07. The highest BCUT2D eigenvalue weighted by molar-refractivity contribution is 5.92. The number of oxazole rings is 2. The van der Waals surface area contributed by atoms with E-state index < -0.39 is 5.97 Å². The molecule has 0 aliphatic rings. The number of nitrogens with two attached hydrogens (primary N) is 1. The van der Waals surface area contributed by atoms with E-state index in [1.54, 1.807) is 20.8 Å². The van der Waals surface area contributed by atoms with E-state index in [4.69, 9.17) is 24.7 Å². The summed E-state index contributed by atoms with van der Waals surface area (Å²) in [4.78, 5) is 18.5. The summed E-state index contributed by atoms with van der Waals surface area (Å²) in [6, 6.07) is 0. The van der Waals surface area contributed by atoms with Gasteiger partial charge in [0.05, 0.1) is 18.0 Å². The zero-order chi connectivity index (χ0) is 15.1. The van der Waals surface area contributed by atoms with Crippen LogP contribution >= 0.6 is 0 Å². The van der Waals surface area contributed by atoms with Gasteiger partial charge in [0.15, 0.2) is 24.4 Å². The minimum atomic E-state index is -0.456. The highest BCUT2D eigenvalue weighted by atomic mass is 16.5. The molecule has 0 saturated heterocycles. The van der Waals surface area contributed by atoms with Crippen LogP contribution in [-0.2, 0) is 4.74 Å². The molecule has 0 bridgehead atoms. The van der Waals surface area contributed by atoms with Crippen molar-refractivity contribution in [2.75, 3.05) is 6.61 Å². The number of nitrogen functional groups attached to an aromatic ring is 1. The van der Waals surface area contributed by atoms with Crippen molar-refractivity contribution in [1.29, 1.82) is 5.41 Å². The molecule has 0 spiro atoms. The molecular formula is C12H16N4O4. The highest BCUT2D eigenvalue weighted by Crippen LogP contribution is 2.06. The van der Waals surface area contributed by atoms with Gasteiger partial charge in [0, 0.05) is 0 Å². The Kier molecular flexibility index (Phi) is 5.45. The average molecular weight is 280 g/mol. The lowest BCUT2D eigenvalue weighted by atomic mass is 10.3. The molecule has 0 radical (unpaired) electrons. The Morgan fingerprint density at radius 3 is 2.05 bits per heavy atom. The van der Waals surface area contributed by atoms with Gasteiger partial charge in [0.25, 0.3) is 0 Å². The first-order valence-corrected chi connectivity index (χ1v) is 5.79. The van der Waals surface area contributed by atoms with Crippen LogP contribution in [0.2, 0.25) is 0 Å². The van der Waals surface area contributed by atoms with Crippen molar-refractivity contribution in [3.8, 4) is 0 Å². The van der Waals surface area contributed by atoms with Crippen LogP contribution in [0, 0.1) is 19.3 Å². The minimum Gasteiger partial charge on any atom is -0.460 e. The fraction of sp³-hybridized carbons (Fsp3) is 0.333. The van der Waals surface area contributed by atoms with Gasteiger partial charge in [-0.1, -0.05) is 0 Å². The number of carbonyl (C=O) groups excluding carboxylic acids is 1. The molecule has 0 amide bonds. The van der Waals surface area contributed by atoms with Crippen molar-refractivity contribution in [2.45, 2.75) is 20.8 Å². The summed E-state index contributed by atoms with van der Waals surface area (Å²) in [6.07, 6.45) is 2.49. The first-order chi connectivity index (χ1) is 9.47. The minimum absolute atomic E-state index is 0.0787. The Hall–Kier alpha value is -2.64. The quantitative estimate of drug-likeness (QED) is 0.494. The predicted octanol–water partition coefficient (Wildman–Crippen LogP) is 1.43. The molecule has 8 heteroatoms. The smallest absolute Gasteiger partial charge is 0.376 e. The summed E-state index contributed by atoms with van der Waals surface area (Å²) in [5.74, 6) is 0.00866. The summed E-state index contributed by atoms with van der Waals surface area (Å²) in [5.41, 5.74) is 6.32. The third-order valence-corrected chi connectivity index (χ3v) is 2.20. The lowest BCUT2D eigenvalue weighted by molar-refractivity contribution is 0.0489. The number of aromatic nitrogens is 2. The molecule has 2 rings (SSSR count). The molecule has 0 atom stereocenters. The number of amidine groups is 1. The van der Waals surface area contributed by atoms with Crippen LogP contribution in [0.1, 0.15) is 34.6 Å². The lowest BCUT2D eigenvalue weighted by Crippen LogP contribution is -2.11. The number of nitrogens with zero attached hydrogens (tertiary/aromatic N) is 2. The average Bonchev–Trinajstić information content (AvgIpc) is 2.98. The van der Waals surface area contributed by atoms with Crippen LogP contribution in [0.25, 0.3) is 0 Å². The molecule has 0 aliphatic carbocycles. The van der Waals surface area contributed by atoms with Crippen LogP contribution in [-0.4, -0.2) is 28.4 Å². The monoisotopic (exact) mass is 280 g/mol. The first-order valence-electron chi connectivity index (χ1n) is 5.79. The fourth-order valence-electron chi connectivity index (χ4n) is 1.25. The van der Waals surface area contributed by atoms with Gasteiger partial charge in [-0.2, -0.15) is 0 Å². The van der Waals surface area contributed by atoms with Crippen molar-refractivity contribution in [2.24, 2.45) is 5.73 Å². The van der Waals surface area contributed by atoms with Crippen LogP contribution in [0.5, 0.6) is 0 Å². The SMILES string of the molecule is CCOC(=O)c1ocnc1C.Cc1ncoc1C(=N)N. The molecule has 20 heavy (non-hydrogen) atoms. The maximum absolute atomic E-state index is 11.0. The van der Waals surface area contributed by atoms with Gasteiger partial charge in [-0.3, -0.25) is 5.41 Å². The molecule has 0 aromatic carbocycles. The largest absolute Gasteiger partial charge is 0.460 e. The molecule has 108 valence electrons. The predicted molar refractivity (Wildman–Crippen MR) is 69.5 cm³/mol. The molecule has 3 N–H and O–H groups in total. The van der Waals surface area contributed by atoms with Crippen molar-refractivity contribution in [1.82, 2.24) is 9.97 Å². The Balaban J connectivity index is 0.000000204. The molecule has 8 nitrogen and oxygen atoms in total. The van der Waals surface area contributed by atoms with Gasteiger partial charge in [-0.15, -0.1) is 0 Å². The van der Waals surface area contributed by atoms with E-state index in [0.717, 1.165) is 0 Å². The number of aryl methyl sites for hydroxylation is 2. The molecule has 2 aromatic rings. The normalized spacial score (nSPS) is 9.55. The van der Waals surface area contributed by atoms with Crippen molar-refractivity contribution in [3.63, 3.8) is 0 Å². The number of rotatable bonds is 3. The van der Waals surface area contributed by atoms with Gasteiger partial charge in [0.2, 0.25) is 5.76 Å². The van der Waals surface area contributed by atoms with E-state index in [1.165, 1.54) is 12.8 Å². The number of carbonyl (C=O) groups is 1. The van der Waals surface area contributed by atoms with Gasteiger partial charge >= 0.3 is 5.97 Å². The van der Waals surface area contributed by atoms with Crippen molar-refractivity contribution in [3.05, 3.63) is 35.7 Å². The summed E-state index contributed by atoms with van der Waals surface area (Å²) >= 11 is 0. The molecular weight excluding hydrogens is 264 g/mol. The summed E-state index contributed by atoms with van der Waals surface area (Å²) in [5, 5.41) is 6.94. The number of esters is 1. The maximum Gasteiger partial charge on any atom is 0.376 e. The molecule has 0 fully saturated rings. The molecule has 2 aromatic heterocycles. The zero-order valence-corrected chi connectivity index (χ0v) is 11.5. The second-order valence-electron chi connectivity index (χ2n) is 3.67. The van der Waals surface area contributed by atoms with E-state index >= 15 is 0 Å². The number of hydrogen-bond acceptors (Lipinski definition) is 7. The Morgan fingerprint density at radius 2 is 1.75 bits per heavy atom. The Morgan fingerprint density at radius 1 is 1.25 bits per heavy atom. The molecule has 2 heterocycles. The van der Waals surface area contributed by atoms with Gasteiger partial charge in [-0.25, -0.2) is 14.8 Å². The number of nitrogens with one attached hydrogen (secondary N) is 1. The van der Waals surface area contributed by atoms with Crippen molar-refractivity contribution < 1.29 is 18.4 Å². The first kappa shape index (κ1) is 15.4. The maximum atomic E-state index is 11.0. The van der Waals surface area contributed by atoms with Gasteiger partial charge in [0.1, 0.15) is 0 Å². The Labute approximate surface area is 115 Å². The summed E-state index contributed by atoms with van der Waals surface area (Å²) < 4.78 is 14.3.